The van der Waals surface area contributed by atoms with Gasteiger partial charge < -0.3 is 21.5 Å². The molecule has 5 N–H and O–H groups in total. The molecule has 2 unspecified atom stereocenters. The van der Waals surface area contributed by atoms with E-state index >= 15 is 0 Å². The molecule has 2 aromatic rings. The number of rotatable bonds is 9. The van der Waals surface area contributed by atoms with Crippen LogP contribution in [0.4, 0.5) is 8.78 Å². The summed E-state index contributed by atoms with van der Waals surface area (Å²) >= 11 is 0. The van der Waals surface area contributed by atoms with Gasteiger partial charge in [-0.05, 0) is 60.7 Å². The fourth-order valence-corrected chi connectivity index (χ4v) is 3.92. The van der Waals surface area contributed by atoms with Crippen LogP contribution in [0.25, 0.3) is 0 Å². The number of carboxylic acid groups (broad SMARTS) is 1. The molecule has 2 atom stereocenters. The first-order valence-corrected chi connectivity index (χ1v) is 10.4. The summed E-state index contributed by atoms with van der Waals surface area (Å²) in [5.74, 6) is -3.76. The Morgan fingerprint density at radius 3 is 2.50 bits per heavy atom. The number of halogens is 2. The fraction of sp³-hybridized carbons (Fsp3) is 0.348. The lowest BCUT2D eigenvalue weighted by molar-refractivity contribution is -0.121. The quantitative estimate of drug-likeness (QED) is 0.442. The standard InChI is InChI=1S/C23H25F2N3O4/c24-18-10-13-5-6-16(17(13)11-19(18)25)20(26)12-21(29)27-7-2-8-28-22(30)14-3-1-4-15(9-14)23(31)32/h1,3-4,9-11,16,20H,2,5-8,12,26H2,(H,27,29)(H,28,30)(H,31,32). The van der Waals surface area contributed by atoms with Crippen LogP contribution in [-0.4, -0.2) is 42.0 Å². The predicted octanol–water partition coefficient (Wildman–Crippen LogP) is 2.35. The van der Waals surface area contributed by atoms with Crippen molar-refractivity contribution >= 4 is 17.8 Å². The third-order valence-electron chi connectivity index (χ3n) is 5.58. The predicted molar refractivity (Wildman–Crippen MR) is 113 cm³/mol. The molecule has 2 aromatic carbocycles. The summed E-state index contributed by atoms with van der Waals surface area (Å²) in [6.07, 6.45) is 1.77. The van der Waals surface area contributed by atoms with Crippen molar-refractivity contribution in [3.8, 4) is 0 Å². The van der Waals surface area contributed by atoms with E-state index in [1.165, 1.54) is 36.4 Å². The number of carboxylic acids is 1. The molecule has 1 aliphatic rings. The van der Waals surface area contributed by atoms with Crippen LogP contribution in [-0.2, 0) is 11.2 Å². The molecule has 1 aliphatic carbocycles. The summed E-state index contributed by atoms with van der Waals surface area (Å²) in [4.78, 5) is 35.3. The zero-order chi connectivity index (χ0) is 23.3. The number of nitrogens with one attached hydrogen (secondary N) is 2. The van der Waals surface area contributed by atoms with Crippen molar-refractivity contribution < 1.29 is 28.3 Å². The van der Waals surface area contributed by atoms with E-state index in [-0.39, 0.29) is 29.4 Å². The number of aromatic carboxylic acids is 1. The molecular formula is C23H25F2N3O4. The molecule has 170 valence electrons. The maximum Gasteiger partial charge on any atom is 0.335 e. The summed E-state index contributed by atoms with van der Waals surface area (Å²) in [5.41, 5.74) is 7.84. The highest BCUT2D eigenvalue weighted by molar-refractivity contribution is 5.97. The number of carbonyl (C=O) groups is 3. The molecule has 0 saturated heterocycles. The van der Waals surface area contributed by atoms with Crippen molar-refractivity contribution in [3.05, 3.63) is 70.3 Å². The van der Waals surface area contributed by atoms with Crippen LogP contribution in [0.1, 0.15) is 57.0 Å². The van der Waals surface area contributed by atoms with Crippen LogP contribution in [0.5, 0.6) is 0 Å². The van der Waals surface area contributed by atoms with Crippen LogP contribution in [0.15, 0.2) is 36.4 Å². The van der Waals surface area contributed by atoms with Gasteiger partial charge in [0.1, 0.15) is 0 Å². The Morgan fingerprint density at radius 1 is 1.06 bits per heavy atom. The molecule has 0 aliphatic heterocycles. The van der Waals surface area contributed by atoms with Gasteiger partial charge in [-0.25, -0.2) is 13.6 Å². The maximum atomic E-state index is 13.6. The number of carbonyl (C=O) groups excluding carboxylic acids is 2. The average molecular weight is 445 g/mol. The highest BCUT2D eigenvalue weighted by Gasteiger charge is 2.30. The first-order valence-electron chi connectivity index (χ1n) is 10.4. The van der Waals surface area contributed by atoms with E-state index in [0.29, 0.717) is 37.9 Å². The molecule has 0 bridgehead atoms. The Morgan fingerprint density at radius 2 is 1.75 bits per heavy atom. The summed E-state index contributed by atoms with van der Waals surface area (Å²) < 4.78 is 27.0. The van der Waals surface area contributed by atoms with Crippen molar-refractivity contribution in [2.45, 2.75) is 37.6 Å². The Labute approximate surface area is 184 Å². The molecule has 0 fully saturated rings. The zero-order valence-corrected chi connectivity index (χ0v) is 17.4. The van der Waals surface area contributed by atoms with Gasteiger partial charge in [0.15, 0.2) is 11.6 Å². The highest BCUT2D eigenvalue weighted by Crippen LogP contribution is 2.36. The van der Waals surface area contributed by atoms with Gasteiger partial charge in [0.05, 0.1) is 5.56 Å². The smallest absolute Gasteiger partial charge is 0.335 e. The summed E-state index contributed by atoms with van der Waals surface area (Å²) in [6.45, 7) is 0.616. The normalized spacial score (nSPS) is 15.7. The van der Waals surface area contributed by atoms with Crippen LogP contribution in [0, 0.1) is 11.6 Å². The molecule has 0 heterocycles. The van der Waals surface area contributed by atoms with Crippen LogP contribution < -0.4 is 16.4 Å². The van der Waals surface area contributed by atoms with Gasteiger partial charge in [0.25, 0.3) is 5.91 Å². The van der Waals surface area contributed by atoms with Gasteiger partial charge >= 0.3 is 5.97 Å². The summed E-state index contributed by atoms with van der Waals surface area (Å²) in [5, 5.41) is 14.4. The van der Waals surface area contributed by atoms with Gasteiger partial charge in [-0.1, -0.05) is 6.07 Å². The van der Waals surface area contributed by atoms with Gasteiger partial charge in [-0.15, -0.1) is 0 Å². The minimum Gasteiger partial charge on any atom is -0.478 e. The second-order valence-electron chi connectivity index (χ2n) is 7.82. The largest absolute Gasteiger partial charge is 0.478 e. The molecule has 0 radical (unpaired) electrons. The van der Waals surface area contributed by atoms with Crippen LogP contribution in [0.3, 0.4) is 0 Å². The number of hydrogen-bond donors (Lipinski definition) is 4. The molecule has 9 heteroatoms. The Bertz CT molecular complexity index is 1030. The summed E-state index contributed by atoms with van der Waals surface area (Å²) in [6, 6.07) is 7.57. The highest BCUT2D eigenvalue weighted by atomic mass is 19.2. The third kappa shape index (κ3) is 5.67. The maximum absolute atomic E-state index is 13.6. The van der Waals surface area contributed by atoms with Crippen molar-refractivity contribution in [3.63, 3.8) is 0 Å². The topological polar surface area (TPSA) is 122 Å². The third-order valence-corrected chi connectivity index (χ3v) is 5.58. The second-order valence-corrected chi connectivity index (χ2v) is 7.82. The molecule has 0 saturated carbocycles. The SMILES string of the molecule is NC(CC(=O)NCCCNC(=O)c1cccc(C(=O)O)c1)C1CCc2cc(F)c(F)cc21. The first-order chi connectivity index (χ1) is 15.3. The minimum absolute atomic E-state index is 0.0269. The molecule has 32 heavy (non-hydrogen) atoms. The van der Waals surface area contributed by atoms with E-state index in [1.54, 1.807) is 0 Å². The monoisotopic (exact) mass is 445 g/mol. The van der Waals surface area contributed by atoms with E-state index < -0.39 is 29.6 Å². The lowest BCUT2D eigenvalue weighted by Crippen LogP contribution is -2.36. The molecule has 7 nitrogen and oxygen atoms in total. The molecule has 2 amide bonds. The van der Waals surface area contributed by atoms with E-state index in [9.17, 15) is 23.2 Å². The van der Waals surface area contributed by atoms with Crippen molar-refractivity contribution in [1.29, 1.82) is 0 Å². The average Bonchev–Trinajstić information content (AvgIpc) is 3.16. The second kappa shape index (κ2) is 10.3. The lowest BCUT2D eigenvalue weighted by atomic mass is 9.91. The van der Waals surface area contributed by atoms with Crippen LogP contribution in [0.2, 0.25) is 0 Å². The number of aryl methyl sites for hydroxylation is 1. The Kier molecular flexibility index (Phi) is 7.53. The van der Waals surface area contributed by atoms with E-state index in [4.69, 9.17) is 10.8 Å². The van der Waals surface area contributed by atoms with E-state index in [2.05, 4.69) is 10.6 Å². The minimum atomic E-state index is -1.11. The number of amides is 2. The van der Waals surface area contributed by atoms with Gasteiger partial charge in [-0.3, -0.25) is 9.59 Å². The molecule has 0 spiro atoms. The lowest BCUT2D eigenvalue weighted by Gasteiger charge is -2.20. The molecule has 0 aromatic heterocycles. The Hall–Kier alpha value is -3.33. The number of benzene rings is 2. The molecular weight excluding hydrogens is 420 g/mol. The van der Waals surface area contributed by atoms with Crippen molar-refractivity contribution in [1.82, 2.24) is 10.6 Å². The van der Waals surface area contributed by atoms with Crippen molar-refractivity contribution in [2.75, 3.05) is 13.1 Å². The van der Waals surface area contributed by atoms with E-state index in [0.717, 1.165) is 5.56 Å². The molecule has 3 rings (SSSR count). The number of nitrogens with two attached hydrogens (primary N) is 1. The Balaban J connectivity index is 1.39. The van der Waals surface area contributed by atoms with Crippen LogP contribution >= 0.6 is 0 Å². The number of fused-ring (bicyclic) bond motifs is 1. The van der Waals surface area contributed by atoms with Gasteiger partial charge in [0.2, 0.25) is 5.91 Å². The fourth-order valence-electron chi connectivity index (χ4n) is 3.92. The van der Waals surface area contributed by atoms with E-state index in [1.807, 2.05) is 0 Å². The summed E-state index contributed by atoms with van der Waals surface area (Å²) in [7, 11) is 0. The number of hydrogen-bond acceptors (Lipinski definition) is 4. The van der Waals surface area contributed by atoms with Crippen molar-refractivity contribution in [2.24, 2.45) is 5.73 Å². The van der Waals surface area contributed by atoms with Gasteiger partial charge in [-0.2, -0.15) is 0 Å². The zero-order valence-electron chi connectivity index (χ0n) is 17.4. The van der Waals surface area contributed by atoms with Gasteiger partial charge in [0, 0.05) is 37.0 Å². The first kappa shape index (κ1) is 23.3.